The first-order valence-corrected chi connectivity index (χ1v) is 5.31. The van der Waals surface area contributed by atoms with Crippen LogP contribution in [0.4, 0.5) is 0 Å². The predicted molar refractivity (Wildman–Crippen MR) is 66.4 cm³/mol. The average molecular weight is 211 g/mol. The van der Waals surface area contributed by atoms with Crippen LogP contribution in [0.2, 0.25) is 0 Å². The van der Waals surface area contributed by atoms with E-state index in [2.05, 4.69) is 41.2 Å². The van der Waals surface area contributed by atoms with E-state index in [1.54, 1.807) is 0 Å². The molecule has 0 atom stereocenters. The van der Waals surface area contributed by atoms with Crippen molar-refractivity contribution in [2.24, 2.45) is 5.11 Å². The fraction of sp³-hybridized carbons (Fsp3) is 0.231. The Morgan fingerprint density at radius 3 is 2.62 bits per heavy atom. The lowest BCUT2D eigenvalue weighted by Crippen LogP contribution is -1.91. The molecule has 2 aromatic rings. The summed E-state index contributed by atoms with van der Waals surface area (Å²) in [7, 11) is 0. The molecular formula is C13H13N3. The van der Waals surface area contributed by atoms with E-state index in [4.69, 9.17) is 5.53 Å². The number of nitrogens with zero attached hydrogens (tertiary/aromatic N) is 3. The smallest absolute Gasteiger partial charge is 0.0298 e. The maximum atomic E-state index is 8.26. The minimum atomic E-state index is 0.517. The average Bonchev–Trinajstić information content (AvgIpc) is 2.33. The van der Waals surface area contributed by atoms with Gasteiger partial charge in [0, 0.05) is 11.5 Å². The van der Waals surface area contributed by atoms with Crippen molar-refractivity contribution >= 4 is 10.8 Å². The number of fused-ring (bicyclic) bond motifs is 1. The van der Waals surface area contributed by atoms with Crippen LogP contribution in [0.25, 0.3) is 21.2 Å². The van der Waals surface area contributed by atoms with Crippen LogP contribution >= 0.6 is 0 Å². The SMILES string of the molecule is Cc1ccc(CCN=[N+]=[N-])c2ccccc12. The Kier molecular flexibility index (Phi) is 3.08. The van der Waals surface area contributed by atoms with Crippen molar-refractivity contribution in [3.05, 3.63) is 58.0 Å². The molecule has 0 aliphatic heterocycles. The molecule has 3 heteroatoms. The van der Waals surface area contributed by atoms with E-state index in [1.165, 1.54) is 21.9 Å². The van der Waals surface area contributed by atoms with Crippen molar-refractivity contribution in [1.82, 2.24) is 0 Å². The van der Waals surface area contributed by atoms with E-state index in [0.29, 0.717) is 6.54 Å². The maximum absolute atomic E-state index is 8.26. The van der Waals surface area contributed by atoms with Crippen LogP contribution in [0.1, 0.15) is 11.1 Å². The molecule has 0 aromatic heterocycles. The molecule has 0 unspecified atom stereocenters. The number of hydrogen-bond donors (Lipinski definition) is 0. The maximum Gasteiger partial charge on any atom is 0.0298 e. The highest BCUT2D eigenvalue weighted by molar-refractivity contribution is 5.88. The molecule has 3 nitrogen and oxygen atoms in total. The zero-order valence-corrected chi connectivity index (χ0v) is 9.22. The fourth-order valence-electron chi connectivity index (χ4n) is 1.95. The van der Waals surface area contributed by atoms with Crippen LogP contribution < -0.4 is 0 Å². The Morgan fingerprint density at radius 1 is 1.12 bits per heavy atom. The summed E-state index contributed by atoms with van der Waals surface area (Å²) in [6, 6.07) is 12.6. The molecule has 0 N–H and O–H groups in total. The normalized spacial score (nSPS) is 10.1. The second-order valence-electron chi connectivity index (χ2n) is 3.79. The molecule has 0 radical (unpaired) electrons. The third-order valence-corrected chi connectivity index (χ3v) is 2.78. The second-order valence-corrected chi connectivity index (χ2v) is 3.79. The summed E-state index contributed by atoms with van der Waals surface area (Å²) < 4.78 is 0. The summed E-state index contributed by atoms with van der Waals surface area (Å²) in [6.07, 6.45) is 0.796. The van der Waals surface area contributed by atoms with Gasteiger partial charge in [0.1, 0.15) is 0 Å². The third-order valence-electron chi connectivity index (χ3n) is 2.78. The summed E-state index contributed by atoms with van der Waals surface area (Å²) in [6.45, 7) is 2.63. The highest BCUT2D eigenvalue weighted by Gasteiger charge is 2.01. The van der Waals surface area contributed by atoms with Crippen LogP contribution in [0.15, 0.2) is 41.5 Å². The van der Waals surface area contributed by atoms with Crippen LogP contribution in [0, 0.1) is 6.92 Å². The monoisotopic (exact) mass is 211 g/mol. The van der Waals surface area contributed by atoms with Gasteiger partial charge >= 0.3 is 0 Å². The van der Waals surface area contributed by atoms with Crippen molar-refractivity contribution in [3.8, 4) is 0 Å². The molecule has 16 heavy (non-hydrogen) atoms. The van der Waals surface area contributed by atoms with Gasteiger partial charge in [0.05, 0.1) is 0 Å². The zero-order chi connectivity index (χ0) is 11.4. The largest absolute Gasteiger partial charge is 0.0936 e. The Balaban J connectivity index is 2.45. The molecule has 0 heterocycles. The summed E-state index contributed by atoms with van der Waals surface area (Å²) in [4.78, 5) is 2.77. The standard InChI is InChI=1S/C13H13N3/c1-10-6-7-11(8-9-15-16-14)13-5-3-2-4-12(10)13/h2-7H,8-9H2,1H3. The molecular weight excluding hydrogens is 198 g/mol. The first-order valence-electron chi connectivity index (χ1n) is 5.31. The van der Waals surface area contributed by atoms with Gasteiger partial charge in [0.15, 0.2) is 0 Å². The summed E-state index contributed by atoms with van der Waals surface area (Å²) in [5, 5.41) is 6.12. The molecule has 2 aromatic carbocycles. The Morgan fingerprint density at radius 2 is 1.88 bits per heavy atom. The highest BCUT2D eigenvalue weighted by atomic mass is 15.1. The van der Waals surface area contributed by atoms with Crippen molar-refractivity contribution in [2.45, 2.75) is 13.3 Å². The van der Waals surface area contributed by atoms with Crippen LogP contribution in [0.5, 0.6) is 0 Å². The van der Waals surface area contributed by atoms with Crippen molar-refractivity contribution in [1.29, 1.82) is 0 Å². The topological polar surface area (TPSA) is 48.8 Å². The van der Waals surface area contributed by atoms with Gasteiger partial charge in [0.25, 0.3) is 0 Å². The number of azide groups is 1. The Labute approximate surface area is 94.3 Å². The second kappa shape index (κ2) is 4.69. The van der Waals surface area contributed by atoms with E-state index in [-0.39, 0.29) is 0 Å². The number of rotatable bonds is 3. The summed E-state index contributed by atoms with van der Waals surface area (Å²) >= 11 is 0. The van der Waals surface area contributed by atoms with E-state index >= 15 is 0 Å². The number of benzene rings is 2. The summed E-state index contributed by atoms with van der Waals surface area (Å²) in [5.41, 5.74) is 10.8. The molecule has 0 aliphatic rings. The van der Waals surface area contributed by atoms with Gasteiger partial charge in [-0.25, -0.2) is 0 Å². The van der Waals surface area contributed by atoms with Gasteiger partial charge in [-0.2, -0.15) is 0 Å². The molecule has 0 fully saturated rings. The quantitative estimate of drug-likeness (QED) is 0.418. The predicted octanol–water partition coefficient (Wildman–Crippen LogP) is 4.00. The first kappa shape index (κ1) is 10.5. The third kappa shape index (κ3) is 2.00. The molecule has 0 amide bonds. The van der Waals surface area contributed by atoms with Crippen molar-refractivity contribution in [2.75, 3.05) is 6.54 Å². The van der Waals surface area contributed by atoms with Gasteiger partial charge in [-0.3, -0.25) is 0 Å². The lowest BCUT2D eigenvalue weighted by atomic mass is 9.99. The van der Waals surface area contributed by atoms with E-state index in [9.17, 15) is 0 Å². The molecule has 0 saturated heterocycles. The van der Waals surface area contributed by atoms with Crippen LogP contribution in [0.3, 0.4) is 0 Å². The Hall–Kier alpha value is -1.99. The van der Waals surface area contributed by atoms with E-state index in [1.807, 2.05) is 12.1 Å². The van der Waals surface area contributed by atoms with Gasteiger partial charge in [-0.1, -0.05) is 41.5 Å². The first-order chi connectivity index (χ1) is 7.83. The van der Waals surface area contributed by atoms with Crippen molar-refractivity contribution < 1.29 is 0 Å². The van der Waals surface area contributed by atoms with E-state index in [0.717, 1.165) is 6.42 Å². The van der Waals surface area contributed by atoms with Crippen LogP contribution in [-0.4, -0.2) is 6.54 Å². The highest BCUT2D eigenvalue weighted by Crippen LogP contribution is 2.22. The number of aryl methyl sites for hydroxylation is 1. The molecule has 0 bridgehead atoms. The molecule has 0 saturated carbocycles. The van der Waals surface area contributed by atoms with Gasteiger partial charge in [0.2, 0.25) is 0 Å². The fourth-order valence-corrected chi connectivity index (χ4v) is 1.95. The minimum absolute atomic E-state index is 0.517. The lowest BCUT2D eigenvalue weighted by Gasteiger charge is -2.07. The minimum Gasteiger partial charge on any atom is -0.0936 e. The van der Waals surface area contributed by atoms with E-state index < -0.39 is 0 Å². The lowest BCUT2D eigenvalue weighted by molar-refractivity contribution is 0.963. The zero-order valence-electron chi connectivity index (χ0n) is 9.22. The summed E-state index contributed by atoms with van der Waals surface area (Å²) in [5.74, 6) is 0. The van der Waals surface area contributed by atoms with Gasteiger partial charge in [-0.15, -0.1) is 0 Å². The van der Waals surface area contributed by atoms with Gasteiger partial charge in [-0.05, 0) is 40.8 Å². The molecule has 0 spiro atoms. The van der Waals surface area contributed by atoms with Gasteiger partial charge < -0.3 is 0 Å². The molecule has 0 aliphatic carbocycles. The number of hydrogen-bond acceptors (Lipinski definition) is 1. The molecule has 80 valence electrons. The van der Waals surface area contributed by atoms with Crippen molar-refractivity contribution in [3.63, 3.8) is 0 Å². The van der Waals surface area contributed by atoms with Crippen LogP contribution in [-0.2, 0) is 6.42 Å². The molecule has 2 rings (SSSR count). The Bertz CT molecular complexity index is 554.